The number of hydrogen-bond acceptors (Lipinski definition) is 7. The first-order chi connectivity index (χ1) is 9.55. The zero-order chi connectivity index (χ0) is 15.2. The van der Waals surface area contributed by atoms with Gasteiger partial charge in [0.2, 0.25) is 0 Å². The number of rotatable bonds is 8. The molecule has 5 N–H and O–H groups in total. The Bertz CT molecular complexity index is 428. The first-order valence-corrected chi connectivity index (χ1v) is 6.71. The summed E-state index contributed by atoms with van der Waals surface area (Å²) < 4.78 is 0. The predicted octanol–water partition coefficient (Wildman–Crippen LogP) is -0.0932. The summed E-state index contributed by atoms with van der Waals surface area (Å²) in [4.78, 5) is 8.80. The third-order valence-corrected chi connectivity index (χ3v) is 3.19. The third kappa shape index (κ3) is 3.56. The molecule has 1 heterocycles. The van der Waals surface area contributed by atoms with E-state index in [1.165, 1.54) is 0 Å². The first kappa shape index (κ1) is 16.6. The van der Waals surface area contributed by atoms with Crippen LogP contribution in [0.1, 0.15) is 24.7 Å². The fourth-order valence-corrected chi connectivity index (χ4v) is 1.78. The zero-order valence-corrected chi connectivity index (χ0v) is 12.3. The van der Waals surface area contributed by atoms with Crippen LogP contribution in [0.3, 0.4) is 0 Å². The van der Waals surface area contributed by atoms with Gasteiger partial charge in [-0.1, -0.05) is 6.92 Å². The van der Waals surface area contributed by atoms with E-state index in [1.807, 2.05) is 13.8 Å². The molecule has 0 bridgehead atoms. The molecule has 0 saturated carbocycles. The summed E-state index contributed by atoms with van der Waals surface area (Å²) in [5.41, 5.74) is -0.430. The van der Waals surface area contributed by atoms with E-state index < -0.39 is 25.4 Å². The first-order valence-electron chi connectivity index (χ1n) is 6.71. The lowest BCUT2D eigenvalue weighted by atomic mass is 10.0. The maximum atomic E-state index is 9.39. The molecule has 0 radical (unpaired) electrons. The van der Waals surface area contributed by atoms with Crippen molar-refractivity contribution in [2.24, 2.45) is 0 Å². The van der Waals surface area contributed by atoms with Gasteiger partial charge in [0.15, 0.2) is 0 Å². The van der Waals surface area contributed by atoms with Crippen molar-refractivity contribution in [1.82, 2.24) is 9.97 Å². The molecule has 1 rings (SSSR count). The highest BCUT2D eigenvalue weighted by Gasteiger charge is 2.29. The van der Waals surface area contributed by atoms with E-state index >= 15 is 0 Å². The van der Waals surface area contributed by atoms with Crippen LogP contribution in [0, 0.1) is 6.92 Å². The summed E-state index contributed by atoms with van der Waals surface area (Å²) in [5, 5.41) is 34.1. The van der Waals surface area contributed by atoms with Gasteiger partial charge in [-0.3, -0.25) is 0 Å². The van der Waals surface area contributed by atoms with Crippen LogP contribution in [0.5, 0.6) is 0 Å². The highest BCUT2D eigenvalue weighted by atomic mass is 16.3. The number of nitrogens with one attached hydrogen (secondary N) is 2. The predicted molar refractivity (Wildman–Crippen MR) is 77.9 cm³/mol. The van der Waals surface area contributed by atoms with Crippen LogP contribution >= 0.6 is 0 Å². The molecular weight excluding hydrogens is 260 g/mol. The van der Waals surface area contributed by atoms with Gasteiger partial charge in [-0.05, 0) is 13.3 Å². The lowest BCUT2D eigenvalue weighted by molar-refractivity contribution is 0.0830. The van der Waals surface area contributed by atoms with E-state index in [4.69, 9.17) is 0 Å². The molecule has 1 aromatic heterocycles. The molecule has 114 valence electrons. The quantitative estimate of drug-likeness (QED) is 0.453. The van der Waals surface area contributed by atoms with E-state index in [0.717, 1.165) is 18.4 Å². The van der Waals surface area contributed by atoms with Gasteiger partial charge >= 0.3 is 0 Å². The molecule has 0 spiro atoms. The Labute approximate surface area is 119 Å². The van der Waals surface area contributed by atoms with Gasteiger partial charge in [-0.15, -0.1) is 0 Å². The van der Waals surface area contributed by atoms with Gasteiger partial charge in [0.05, 0.1) is 19.8 Å². The van der Waals surface area contributed by atoms with E-state index in [1.54, 1.807) is 7.05 Å². The molecule has 0 aliphatic carbocycles. The smallest absolute Gasteiger partial charge is 0.135 e. The summed E-state index contributed by atoms with van der Waals surface area (Å²) in [6.45, 7) is 2.67. The summed E-state index contributed by atoms with van der Waals surface area (Å²) in [6.07, 6.45) is 1.64. The molecule has 0 saturated heterocycles. The standard InChI is InChI=1S/C13H24N4O3/c1-4-5-10-15-11(14-3)9(2)12(16-10)17-13(6-18,7-19)8-20/h18-20H,4-8H2,1-3H3,(H2,14,15,16,17). The van der Waals surface area contributed by atoms with Crippen molar-refractivity contribution < 1.29 is 15.3 Å². The molecule has 20 heavy (non-hydrogen) atoms. The fraction of sp³-hybridized carbons (Fsp3) is 0.692. The van der Waals surface area contributed by atoms with Gasteiger partial charge < -0.3 is 26.0 Å². The zero-order valence-electron chi connectivity index (χ0n) is 12.3. The molecule has 0 unspecified atom stereocenters. The SMILES string of the molecule is CCCc1nc(NC)c(C)c(NC(CO)(CO)CO)n1. The lowest BCUT2D eigenvalue weighted by Crippen LogP contribution is -2.49. The molecule has 0 aliphatic rings. The molecule has 0 atom stereocenters. The third-order valence-electron chi connectivity index (χ3n) is 3.19. The highest BCUT2D eigenvalue weighted by Crippen LogP contribution is 2.23. The van der Waals surface area contributed by atoms with Gasteiger partial charge in [0.25, 0.3) is 0 Å². The molecule has 0 amide bonds. The van der Waals surface area contributed by atoms with Crippen LogP contribution in [-0.4, -0.2) is 57.7 Å². The largest absolute Gasteiger partial charge is 0.394 e. The Morgan fingerprint density at radius 3 is 2.05 bits per heavy atom. The van der Waals surface area contributed by atoms with Crippen LogP contribution in [0.25, 0.3) is 0 Å². The van der Waals surface area contributed by atoms with Crippen molar-refractivity contribution in [1.29, 1.82) is 0 Å². The molecule has 0 aliphatic heterocycles. The van der Waals surface area contributed by atoms with Gasteiger partial charge in [-0.2, -0.15) is 0 Å². The number of aliphatic hydroxyl groups excluding tert-OH is 3. The van der Waals surface area contributed by atoms with E-state index in [0.29, 0.717) is 17.5 Å². The molecule has 0 aromatic carbocycles. The number of nitrogens with zero attached hydrogens (tertiary/aromatic N) is 2. The van der Waals surface area contributed by atoms with Crippen molar-refractivity contribution in [3.63, 3.8) is 0 Å². The average molecular weight is 284 g/mol. The van der Waals surface area contributed by atoms with E-state index in [2.05, 4.69) is 20.6 Å². The lowest BCUT2D eigenvalue weighted by Gasteiger charge is -2.30. The monoisotopic (exact) mass is 284 g/mol. The Morgan fingerprint density at radius 1 is 1.05 bits per heavy atom. The van der Waals surface area contributed by atoms with Crippen molar-refractivity contribution in [2.45, 2.75) is 32.2 Å². The van der Waals surface area contributed by atoms with Crippen molar-refractivity contribution in [3.8, 4) is 0 Å². The van der Waals surface area contributed by atoms with Crippen LogP contribution in [0.15, 0.2) is 0 Å². The van der Waals surface area contributed by atoms with Gasteiger partial charge in [0, 0.05) is 19.0 Å². The molecule has 7 nitrogen and oxygen atoms in total. The minimum Gasteiger partial charge on any atom is -0.394 e. The average Bonchev–Trinajstić information content (AvgIpc) is 2.48. The topological polar surface area (TPSA) is 111 Å². The van der Waals surface area contributed by atoms with Crippen LogP contribution in [0.2, 0.25) is 0 Å². The molecule has 0 fully saturated rings. The molecule has 1 aromatic rings. The summed E-state index contributed by atoms with van der Waals surface area (Å²) in [6, 6.07) is 0. The Balaban J connectivity index is 3.18. The van der Waals surface area contributed by atoms with E-state index in [9.17, 15) is 15.3 Å². The number of aromatic nitrogens is 2. The van der Waals surface area contributed by atoms with Crippen molar-refractivity contribution in [2.75, 3.05) is 37.5 Å². The van der Waals surface area contributed by atoms with Crippen LogP contribution < -0.4 is 10.6 Å². The summed E-state index contributed by atoms with van der Waals surface area (Å²) in [5.74, 6) is 1.87. The normalized spacial score (nSPS) is 11.5. The number of hydrogen-bond donors (Lipinski definition) is 5. The Hall–Kier alpha value is -1.44. The van der Waals surface area contributed by atoms with E-state index in [-0.39, 0.29) is 0 Å². The number of aliphatic hydroxyl groups is 3. The van der Waals surface area contributed by atoms with Gasteiger partial charge in [0.1, 0.15) is 23.0 Å². The number of aryl methyl sites for hydroxylation is 1. The second-order valence-corrected chi connectivity index (χ2v) is 4.84. The van der Waals surface area contributed by atoms with Crippen molar-refractivity contribution in [3.05, 3.63) is 11.4 Å². The summed E-state index contributed by atoms with van der Waals surface area (Å²) >= 11 is 0. The molecular formula is C13H24N4O3. The second kappa shape index (κ2) is 7.37. The number of anilines is 2. The van der Waals surface area contributed by atoms with Crippen molar-refractivity contribution >= 4 is 11.6 Å². The minimum absolute atomic E-state index is 0.401. The van der Waals surface area contributed by atoms with Crippen LogP contribution in [0.4, 0.5) is 11.6 Å². The van der Waals surface area contributed by atoms with Crippen LogP contribution in [-0.2, 0) is 6.42 Å². The molecule has 7 heteroatoms. The van der Waals surface area contributed by atoms with Gasteiger partial charge in [-0.25, -0.2) is 9.97 Å². The Morgan fingerprint density at radius 2 is 1.60 bits per heavy atom. The summed E-state index contributed by atoms with van der Waals surface area (Å²) in [7, 11) is 1.77. The maximum absolute atomic E-state index is 9.39. The maximum Gasteiger partial charge on any atom is 0.135 e. The minimum atomic E-state index is -1.20. The second-order valence-electron chi connectivity index (χ2n) is 4.84. The Kier molecular flexibility index (Phi) is 6.12. The fourth-order valence-electron chi connectivity index (χ4n) is 1.78. The highest BCUT2D eigenvalue weighted by molar-refractivity contribution is 5.58.